The number of amides is 1. The first kappa shape index (κ1) is 16.1. The number of hydrogen-bond donors (Lipinski definition) is 1. The van der Waals surface area contributed by atoms with E-state index in [4.69, 9.17) is 9.47 Å². The van der Waals surface area contributed by atoms with E-state index in [9.17, 15) is 4.79 Å². The van der Waals surface area contributed by atoms with Crippen molar-refractivity contribution >= 4 is 5.91 Å². The third kappa shape index (κ3) is 3.02. The molecular formula is C18H26N2O3. The molecule has 0 saturated carbocycles. The zero-order valence-electron chi connectivity index (χ0n) is 14.3. The predicted octanol–water partition coefficient (Wildman–Crippen LogP) is 2.19. The Morgan fingerprint density at radius 2 is 1.83 bits per heavy atom. The topological polar surface area (TPSA) is 50.8 Å². The molecule has 1 aromatic rings. The van der Waals surface area contributed by atoms with Gasteiger partial charge < -0.3 is 19.7 Å². The lowest BCUT2D eigenvalue weighted by molar-refractivity contribution is 0.0922. The Kier molecular flexibility index (Phi) is 4.48. The van der Waals surface area contributed by atoms with Crippen LogP contribution in [0.25, 0.3) is 0 Å². The average molecular weight is 318 g/mol. The Morgan fingerprint density at radius 1 is 1.17 bits per heavy atom. The van der Waals surface area contributed by atoms with Crippen molar-refractivity contribution in [1.82, 2.24) is 10.2 Å². The van der Waals surface area contributed by atoms with Crippen molar-refractivity contribution < 1.29 is 14.3 Å². The van der Waals surface area contributed by atoms with E-state index in [-0.39, 0.29) is 11.3 Å². The van der Waals surface area contributed by atoms with Crippen LogP contribution >= 0.6 is 0 Å². The van der Waals surface area contributed by atoms with Crippen molar-refractivity contribution in [2.24, 2.45) is 0 Å². The second kappa shape index (κ2) is 6.40. The Hall–Kier alpha value is -1.75. The number of hydrogen-bond acceptors (Lipinski definition) is 4. The Labute approximate surface area is 137 Å². The summed E-state index contributed by atoms with van der Waals surface area (Å²) < 4.78 is 10.8. The lowest BCUT2D eigenvalue weighted by atomic mass is 9.74. The van der Waals surface area contributed by atoms with E-state index in [1.165, 1.54) is 25.9 Å². The molecule has 3 rings (SSSR count). The van der Waals surface area contributed by atoms with Gasteiger partial charge in [0, 0.05) is 17.5 Å². The minimum Gasteiger partial charge on any atom is -0.493 e. The third-order valence-corrected chi connectivity index (χ3v) is 5.24. The number of carbonyl (C=O) groups excluding carboxylic acids is 1. The summed E-state index contributed by atoms with van der Waals surface area (Å²) in [5.74, 6) is 1.26. The maximum absolute atomic E-state index is 12.3. The molecule has 1 N–H and O–H groups in total. The molecule has 0 spiro atoms. The number of rotatable bonds is 5. The van der Waals surface area contributed by atoms with E-state index in [1.54, 1.807) is 20.3 Å². The third-order valence-electron chi connectivity index (χ3n) is 5.24. The smallest absolute Gasteiger partial charge is 0.251 e. The first-order valence-corrected chi connectivity index (χ1v) is 8.34. The molecule has 2 aliphatic heterocycles. The Balaban J connectivity index is 1.91. The molecule has 2 aliphatic rings. The molecule has 0 radical (unpaired) electrons. The number of fused-ring (bicyclic) bond motifs is 1. The SMILES string of the molecule is COc1cc2c(cc1OC)C(C)(CCN1CCCC1)CNC2=O. The first-order valence-electron chi connectivity index (χ1n) is 8.34. The van der Waals surface area contributed by atoms with Crippen LogP contribution < -0.4 is 14.8 Å². The van der Waals surface area contributed by atoms with E-state index in [0.29, 0.717) is 23.6 Å². The number of nitrogens with one attached hydrogen (secondary N) is 1. The van der Waals surface area contributed by atoms with Gasteiger partial charge >= 0.3 is 0 Å². The van der Waals surface area contributed by atoms with Crippen molar-refractivity contribution in [2.45, 2.75) is 31.6 Å². The summed E-state index contributed by atoms with van der Waals surface area (Å²) in [7, 11) is 3.23. The van der Waals surface area contributed by atoms with Gasteiger partial charge in [-0.05, 0) is 56.6 Å². The quantitative estimate of drug-likeness (QED) is 0.904. The highest BCUT2D eigenvalue weighted by atomic mass is 16.5. The van der Waals surface area contributed by atoms with Crippen molar-refractivity contribution in [3.63, 3.8) is 0 Å². The van der Waals surface area contributed by atoms with Crippen LogP contribution in [0.4, 0.5) is 0 Å². The molecule has 0 aliphatic carbocycles. The van der Waals surface area contributed by atoms with Crippen LogP contribution in [0.5, 0.6) is 11.5 Å². The van der Waals surface area contributed by atoms with E-state index in [1.807, 2.05) is 6.07 Å². The number of nitrogens with zero attached hydrogens (tertiary/aromatic N) is 1. The summed E-state index contributed by atoms with van der Waals surface area (Å²) in [4.78, 5) is 14.8. The normalized spacial score (nSPS) is 24.2. The van der Waals surface area contributed by atoms with Crippen LogP contribution in [0.1, 0.15) is 42.1 Å². The lowest BCUT2D eigenvalue weighted by Crippen LogP contribution is -2.46. The fraction of sp³-hybridized carbons (Fsp3) is 0.611. The van der Waals surface area contributed by atoms with Gasteiger partial charge in [-0.15, -0.1) is 0 Å². The van der Waals surface area contributed by atoms with E-state index < -0.39 is 0 Å². The Morgan fingerprint density at radius 3 is 2.48 bits per heavy atom. The molecule has 1 saturated heterocycles. The molecule has 0 bridgehead atoms. The number of benzene rings is 1. The monoisotopic (exact) mass is 318 g/mol. The summed E-state index contributed by atoms with van der Waals surface area (Å²) in [6.45, 7) is 6.36. The van der Waals surface area contributed by atoms with Gasteiger partial charge in [-0.3, -0.25) is 4.79 Å². The second-order valence-electron chi connectivity index (χ2n) is 6.79. The summed E-state index contributed by atoms with van der Waals surface area (Å²) in [6.07, 6.45) is 3.62. The fourth-order valence-corrected chi connectivity index (χ4v) is 3.67. The van der Waals surface area contributed by atoms with Gasteiger partial charge in [0.15, 0.2) is 11.5 Å². The first-order chi connectivity index (χ1) is 11.1. The molecule has 1 unspecified atom stereocenters. The van der Waals surface area contributed by atoms with Crippen LogP contribution in [0.15, 0.2) is 12.1 Å². The van der Waals surface area contributed by atoms with Crippen LogP contribution in [0, 0.1) is 0 Å². The molecule has 5 heteroatoms. The van der Waals surface area contributed by atoms with Gasteiger partial charge in [0.25, 0.3) is 5.91 Å². The maximum atomic E-state index is 12.3. The van der Waals surface area contributed by atoms with Crippen LogP contribution in [-0.2, 0) is 5.41 Å². The van der Waals surface area contributed by atoms with E-state index in [0.717, 1.165) is 18.5 Å². The molecule has 23 heavy (non-hydrogen) atoms. The van der Waals surface area contributed by atoms with Crippen molar-refractivity contribution in [3.8, 4) is 11.5 Å². The highest BCUT2D eigenvalue weighted by Crippen LogP contribution is 2.40. The van der Waals surface area contributed by atoms with Crippen LogP contribution in [-0.4, -0.2) is 51.2 Å². The van der Waals surface area contributed by atoms with Crippen LogP contribution in [0.2, 0.25) is 0 Å². The molecule has 1 fully saturated rings. The lowest BCUT2D eigenvalue weighted by Gasteiger charge is -2.37. The van der Waals surface area contributed by atoms with E-state index in [2.05, 4.69) is 17.1 Å². The number of likely N-dealkylation sites (tertiary alicyclic amines) is 1. The van der Waals surface area contributed by atoms with Gasteiger partial charge in [-0.2, -0.15) is 0 Å². The Bertz CT molecular complexity index is 596. The summed E-state index contributed by atoms with van der Waals surface area (Å²) in [6, 6.07) is 3.79. The summed E-state index contributed by atoms with van der Waals surface area (Å²) in [5.41, 5.74) is 1.70. The molecule has 5 nitrogen and oxygen atoms in total. The average Bonchev–Trinajstić information content (AvgIpc) is 3.09. The molecule has 0 aromatic heterocycles. The zero-order chi connectivity index (χ0) is 16.4. The number of ether oxygens (including phenoxy) is 2. The molecule has 126 valence electrons. The van der Waals surface area contributed by atoms with Gasteiger partial charge in [0.05, 0.1) is 14.2 Å². The van der Waals surface area contributed by atoms with Crippen molar-refractivity contribution in [2.75, 3.05) is 40.4 Å². The molecule has 1 atom stereocenters. The van der Waals surface area contributed by atoms with Gasteiger partial charge in [0.1, 0.15) is 0 Å². The largest absolute Gasteiger partial charge is 0.493 e. The van der Waals surface area contributed by atoms with Crippen molar-refractivity contribution in [3.05, 3.63) is 23.3 Å². The summed E-state index contributed by atoms with van der Waals surface area (Å²) in [5, 5.41) is 3.04. The molecule has 2 heterocycles. The highest BCUT2D eigenvalue weighted by Gasteiger charge is 2.37. The van der Waals surface area contributed by atoms with Crippen molar-refractivity contribution in [1.29, 1.82) is 0 Å². The second-order valence-corrected chi connectivity index (χ2v) is 6.79. The number of carbonyl (C=O) groups is 1. The predicted molar refractivity (Wildman–Crippen MR) is 89.5 cm³/mol. The maximum Gasteiger partial charge on any atom is 0.251 e. The molecule has 1 aromatic carbocycles. The van der Waals surface area contributed by atoms with E-state index >= 15 is 0 Å². The highest BCUT2D eigenvalue weighted by molar-refractivity contribution is 5.98. The fourth-order valence-electron chi connectivity index (χ4n) is 3.67. The molecular weight excluding hydrogens is 292 g/mol. The van der Waals surface area contributed by atoms with Gasteiger partial charge in [0.2, 0.25) is 0 Å². The van der Waals surface area contributed by atoms with Crippen LogP contribution in [0.3, 0.4) is 0 Å². The van der Waals surface area contributed by atoms with Gasteiger partial charge in [-0.1, -0.05) is 6.92 Å². The standard InChI is InChI=1S/C18H26N2O3/c1-18(6-9-20-7-4-5-8-20)12-19-17(21)13-10-15(22-2)16(23-3)11-14(13)18/h10-11H,4-9,12H2,1-3H3,(H,19,21). The minimum absolute atomic E-state index is 0.0281. The zero-order valence-corrected chi connectivity index (χ0v) is 14.3. The minimum atomic E-state index is -0.0780. The summed E-state index contributed by atoms with van der Waals surface area (Å²) >= 11 is 0. The molecule has 1 amide bonds. The van der Waals surface area contributed by atoms with Gasteiger partial charge in [-0.25, -0.2) is 0 Å². The number of methoxy groups -OCH3 is 2.